The Balaban J connectivity index is 1.80. The van der Waals surface area contributed by atoms with Crippen molar-refractivity contribution in [2.24, 2.45) is 0 Å². The lowest BCUT2D eigenvalue weighted by Crippen LogP contribution is -2.29. The van der Waals surface area contributed by atoms with Gasteiger partial charge in [-0.15, -0.1) is 10.2 Å². The van der Waals surface area contributed by atoms with Gasteiger partial charge in [0, 0.05) is 11.6 Å². The number of fused-ring (bicyclic) bond motifs is 3. The SMILES string of the molecule is Cc1cc(C)cc(NC(=O)Cn2c(=O)c3nnc(C(C)C)n3c3ccccc32)c1. The maximum atomic E-state index is 13.1. The molecule has 2 aromatic carbocycles. The molecular formula is C22H23N5O2. The molecule has 0 radical (unpaired) electrons. The zero-order valence-corrected chi connectivity index (χ0v) is 16.9. The van der Waals surface area contributed by atoms with Crippen LogP contribution >= 0.6 is 0 Å². The molecule has 7 nitrogen and oxygen atoms in total. The second kappa shape index (κ2) is 7.16. The van der Waals surface area contributed by atoms with Crippen LogP contribution in [0.5, 0.6) is 0 Å². The van der Waals surface area contributed by atoms with E-state index in [-0.39, 0.29) is 29.6 Å². The van der Waals surface area contributed by atoms with E-state index in [1.54, 1.807) is 4.40 Å². The Morgan fingerprint density at radius 1 is 1.03 bits per heavy atom. The van der Waals surface area contributed by atoms with Crippen molar-refractivity contribution in [2.75, 3.05) is 5.32 Å². The van der Waals surface area contributed by atoms with E-state index in [2.05, 4.69) is 15.5 Å². The van der Waals surface area contributed by atoms with Gasteiger partial charge in [-0.25, -0.2) is 0 Å². The fourth-order valence-corrected chi connectivity index (χ4v) is 3.71. The standard InChI is InChI=1S/C22H23N5O2/c1-13(2)20-24-25-21-22(29)26(17-7-5-6-8-18(17)27(20)21)12-19(28)23-16-10-14(3)9-15(4)11-16/h5-11,13H,12H2,1-4H3,(H,23,28). The largest absolute Gasteiger partial charge is 0.325 e. The summed E-state index contributed by atoms with van der Waals surface area (Å²) in [7, 11) is 0. The maximum absolute atomic E-state index is 13.1. The molecule has 0 atom stereocenters. The zero-order chi connectivity index (χ0) is 20.7. The molecule has 1 N–H and O–H groups in total. The minimum atomic E-state index is -0.335. The third-order valence-corrected chi connectivity index (χ3v) is 4.86. The summed E-state index contributed by atoms with van der Waals surface area (Å²) in [5, 5.41) is 11.2. The van der Waals surface area contributed by atoms with Crippen LogP contribution < -0.4 is 10.9 Å². The zero-order valence-electron chi connectivity index (χ0n) is 16.9. The van der Waals surface area contributed by atoms with Crippen molar-refractivity contribution in [3.05, 3.63) is 69.8 Å². The molecular weight excluding hydrogens is 366 g/mol. The van der Waals surface area contributed by atoms with Gasteiger partial charge in [0.25, 0.3) is 5.56 Å². The predicted molar refractivity (Wildman–Crippen MR) is 113 cm³/mol. The van der Waals surface area contributed by atoms with Crippen molar-refractivity contribution >= 4 is 28.3 Å². The van der Waals surface area contributed by atoms with E-state index in [1.165, 1.54) is 4.57 Å². The van der Waals surface area contributed by atoms with Gasteiger partial charge in [0.1, 0.15) is 12.4 Å². The van der Waals surface area contributed by atoms with E-state index >= 15 is 0 Å². The number of aromatic nitrogens is 4. The first-order chi connectivity index (χ1) is 13.8. The van der Waals surface area contributed by atoms with Gasteiger partial charge in [-0.3, -0.25) is 18.6 Å². The molecule has 4 aromatic rings. The van der Waals surface area contributed by atoms with E-state index in [9.17, 15) is 9.59 Å². The molecule has 0 saturated heterocycles. The number of benzene rings is 2. The van der Waals surface area contributed by atoms with Crippen LogP contribution in [0.4, 0.5) is 5.69 Å². The Labute approximate surface area is 168 Å². The number of hydrogen-bond acceptors (Lipinski definition) is 4. The van der Waals surface area contributed by atoms with Crippen molar-refractivity contribution in [3.8, 4) is 0 Å². The molecule has 0 unspecified atom stereocenters. The Kier molecular flexibility index (Phi) is 4.66. The van der Waals surface area contributed by atoms with Crippen LogP contribution in [0.3, 0.4) is 0 Å². The molecule has 4 rings (SSSR count). The quantitative estimate of drug-likeness (QED) is 0.580. The van der Waals surface area contributed by atoms with Crippen molar-refractivity contribution in [1.29, 1.82) is 0 Å². The van der Waals surface area contributed by atoms with Gasteiger partial charge in [0.2, 0.25) is 11.6 Å². The molecule has 2 aromatic heterocycles. The topological polar surface area (TPSA) is 81.3 Å². The summed E-state index contributed by atoms with van der Waals surface area (Å²) in [6, 6.07) is 13.4. The molecule has 7 heteroatoms. The summed E-state index contributed by atoms with van der Waals surface area (Å²) in [6.07, 6.45) is 0. The number of rotatable bonds is 4. The van der Waals surface area contributed by atoms with Crippen LogP contribution in [0.25, 0.3) is 16.7 Å². The normalized spacial score (nSPS) is 11.5. The third kappa shape index (κ3) is 3.40. The smallest absolute Gasteiger partial charge is 0.297 e. The first-order valence-corrected chi connectivity index (χ1v) is 9.60. The lowest BCUT2D eigenvalue weighted by atomic mass is 10.1. The molecule has 0 bridgehead atoms. The van der Waals surface area contributed by atoms with Crippen LogP contribution in [0.2, 0.25) is 0 Å². The van der Waals surface area contributed by atoms with E-state index in [4.69, 9.17) is 0 Å². The monoisotopic (exact) mass is 389 g/mol. The second-order valence-electron chi connectivity index (χ2n) is 7.68. The average molecular weight is 389 g/mol. The first-order valence-electron chi connectivity index (χ1n) is 9.60. The number of nitrogens with one attached hydrogen (secondary N) is 1. The Bertz CT molecular complexity index is 1280. The molecule has 0 saturated carbocycles. The number of hydrogen-bond donors (Lipinski definition) is 1. The van der Waals surface area contributed by atoms with Crippen molar-refractivity contribution < 1.29 is 4.79 Å². The number of carbonyl (C=O) groups is 1. The molecule has 29 heavy (non-hydrogen) atoms. The Morgan fingerprint density at radius 2 is 1.69 bits per heavy atom. The highest BCUT2D eigenvalue weighted by atomic mass is 16.2. The summed E-state index contributed by atoms with van der Waals surface area (Å²) in [5.74, 6) is 0.562. The summed E-state index contributed by atoms with van der Waals surface area (Å²) in [6.45, 7) is 7.87. The highest BCUT2D eigenvalue weighted by molar-refractivity contribution is 5.92. The van der Waals surface area contributed by atoms with Gasteiger partial charge >= 0.3 is 0 Å². The van der Waals surface area contributed by atoms with Gasteiger partial charge in [-0.2, -0.15) is 0 Å². The van der Waals surface area contributed by atoms with E-state index < -0.39 is 0 Å². The van der Waals surface area contributed by atoms with E-state index in [0.717, 1.165) is 28.2 Å². The second-order valence-corrected chi connectivity index (χ2v) is 7.68. The fraction of sp³-hybridized carbons (Fsp3) is 0.273. The third-order valence-electron chi connectivity index (χ3n) is 4.86. The number of nitrogens with zero attached hydrogens (tertiary/aromatic N) is 4. The number of anilines is 1. The molecule has 0 fully saturated rings. The van der Waals surface area contributed by atoms with Crippen molar-refractivity contribution in [2.45, 2.75) is 40.2 Å². The fourth-order valence-electron chi connectivity index (χ4n) is 3.71. The maximum Gasteiger partial charge on any atom is 0.297 e. The van der Waals surface area contributed by atoms with Gasteiger partial charge in [0.15, 0.2) is 0 Å². The van der Waals surface area contributed by atoms with Crippen molar-refractivity contribution in [1.82, 2.24) is 19.2 Å². The van der Waals surface area contributed by atoms with Crippen LogP contribution in [0.1, 0.15) is 36.7 Å². The Morgan fingerprint density at radius 3 is 2.34 bits per heavy atom. The van der Waals surface area contributed by atoms with Gasteiger partial charge in [0.05, 0.1) is 11.0 Å². The van der Waals surface area contributed by atoms with Crippen LogP contribution in [0, 0.1) is 13.8 Å². The summed E-state index contributed by atoms with van der Waals surface area (Å²) < 4.78 is 3.25. The molecule has 0 aliphatic rings. The highest BCUT2D eigenvalue weighted by Gasteiger charge is 2.19. The van der Waals surface area contributed by atoms with Crippen molar-refractivity contribution in [3.63, 3.8) is 0 Å². The summed E-state index contributed by atoms with van der Waals surface area (Å²) in [5.41, 5.74) is 4.21. The lowest BCUT2D eigenvalue weighted by Gasteiger charge is -2.14. The van der Waals surface area contributed by atoms with Gasteiger partial charge < -0.3 is 5.32 Å². The lowest BCUT2D eigenvalue weighted by molar-refractivity contribution is -0.116. The van der Waals surface area contributed by atoms with E-state index in [0.29, 0.717) is 5.52 Å². The number of aryl methyl sites for hydroxylation is 2. The molecule has 0 spiro atoms. The van der Waals surface area contributed by atoms with Crippen LogP contribution in [0.15, 0.2) is 47.3 Å². The minimum absolute atomic E-state index is 0.104. The number of amides is 1. The van der Waals surface area contributed by atoms with Gasteiger partial charge in [-0.1, -0.05) is 32.0 Å². The molecule has 1 amide bonds. The first kappa shape index (κ1) is 18.9. The van der Waals surface area contributed by atoms with E-state index in [1.807, 2.05) is 70.2 Å². The number of carbonyl (C=O) groups excluding carboxylic acids is 1. The highest BCUT2D eigenvalue weighted by Crippen LogP contribution is 2.20. The molecule has 0 aliphatic carbocycles. The van der Waals surface area contributed by atoms with Crippen LogP contribution in [-0.4, -0.2) is 25.1 Å². The minimum Gasteiger partial charge on any atom is -0.325 e. The van der Waals surface area contributed by atoms with Crippen LogP contribution in [-0.2, 0) is 11.3 Å². The number of para-hydroxylation sites is 2. The molecule has 148 valence electrons. The average Bonchev–Trinajstić information content (AvgIpc) is 3.10. The Hall–Kier alpha value is -3.48. The summed E-state index contributed by atoms with van der Waals surface area (Å²) in [4.78, 5) is 25.9. The molecule has 2 heterocycles. The molecule has 0 aliphatic heterocycles. The summed E-state index contributed by atoms with van der Waals surface area (Å²) >= 11 is 0. The van der Waals surface area contributed by atoms with Gasteiger partial charge in [-0.05, 0) is 49.2 Å². The predicted octanol–water partition coefficient (Wildman–Crippen LogP) is 3.42.